The summed E-state index contributed by atoms with van der Waals surface area (Å²) >= 11 is 0. The molecule has 0 aliphatic rings. The van der Waals surface area contributed by atoms with Crippen LogP contribution < -0.4 is 10.2 Å². The van der Waals surface area contributed by atoms with Crippen LogP contribution in [0.3, 0.4) is 0 Å². The molecule has 0 atom stereocenters. The van der Waals surface area contributed by atoms with Gasteiger partial charge in [0, 0.05) is 17.7 Å². The molecule has 0 saturated heterocycles. The maximum Gasteiger partial charge on any atom is 0.387 e. The lowest BCUT2D eigenvalue weighted by Crippen LogP contribution is -2.04. The zero-order valence-electron chi connectivity index (χ0n) is 11.1. The summed E-state index contributed by atoms with van der Waals surface area (Å²) in [6, 6.07) is 11.9. The number of hydrogen-bond acceptors (Lipinski definition) is 5. The molecule has 0 saturated carbocycles. The molecule has 22 heavy (non-hydrogen) atoms. The Labute approximate surface area is 124 Å². The Kier molecular flexibility index (Phi) is 4.97. The second-order valence-corrected chi connectivity index (χ2v) is 4.09. The highest BCUT2D eigenvalue weighted by Crippen LogP contribution is 2.19. The fraction of sp³-hybridized carbons (Fsp3) is 0.0714. The molecule has 0 amide bonds. The molecule has 1 N–H and O–H groups in total. The predicted octanol–water partition coefficient (Wildman–Crippen LogP) is 3.64. The lowest BCUT2D eigenvalue weighted by molar-refractivity contribution is -0.384. The van der Waals surface area contributed by atoms with Gasteiger partial charge in [0.25, 0.3) is 5.69 Å². The Bertz CT molecular complexity index is 693. The zero-order chi connectivity index (χ0) is 15.9. The SMILES string of the molecule is O=[N+]([O-])c1cccc(N/N=C\c2ccccc2OC(F)F)c1. The molecule has 2 aromatic carbocycles. The van der Waals surface area contributed by atoms with Gasteiger partial charge in [-0.2, -0.15) is 13.9 Å². The molecular weight excluding hydrogens is 296 g/mol. The van der Waals surface area contributed by atoms with Crippen molar-refractivity contribution in [3.05, 3.63) is 64.2 Å². The third kappa shape index (κ3) is 4.23. The molecule has 0 fully saturated rings. The highest BCUT2D eigenvalue weighted by Gasteiger charge is 2.07. The molecular formula is C14H11F2N3O3. The minimum atomic E-state index is -2.93. The number of hydrazone groups is 1. The van der Waals surface area contributed by atoms with Gasteiger partial charge in [0.05, 0.1) is 16.8 Å². The van der Waals surface area contributed by atoms with E-state index in [1.807, 2.05) is 0 Å². The van der Waals surface area contributed by atoms with Crippen molar-refractivity contribution in [2.75, 3.05) is 5.43 Å². The van der Waals surface area contributed by atoms with E-state index in [1.165, 1.54) is 30.5 Å². The third-order valence-electron chi connectivity index (χ3n) is 2.59. The van der Waals surface area contributed by atoms with Gasteiger partial charge in [0.2, 0.25) is 0 Å². The van der Waals surface area contributed by atoms with Crippen molar-refractivity contribution in [2.24, 2.45) is 5.10 Å². The molecule has 6 nitrogen and oxygen atoms in total. The monoisotopic (exact) mass is 307 g/mol. The largest absolute Gasteiger partial charge is 0.434 e. The van der Waals surface area contributed by atoms with Crippen molar-refractivity contribution in [3.63, 3.8) is 0 Å². The number of nitrogens with zero attached hydrogens (tertiary/aromatic N) is 2. The normalized spacial score (nSPS) is 10.9. The smallest absolute Gasteiger partial charge is 0.387 e. The van der Waals surface area contributed by atoms with Crippen LogP contribution >= 0.6 is 0 Å². The lowest BCUT2D eigenvalue weighted by atomic mass is 10.2. The van der Waals surface area contributed by atoms with Gasteiger partial charge in [-0.1, -0.05) is 18.2 Å². The van der Waals surface area contributed by atoms with E-state index in [9.17, 15) is 18.9 Å². The highest BCUT2D eigenvalue weighted by atomic mass is 19.3. The number of benzene rings is 2. The molecule has 2 rings (SSSR count). The van der Waals surface area contributed by atoms with Crippen molar-refractivity contribution in [1.82, 2.24) is 0 Å². The zero-order valence-corrected chi connectivity index (χ0v) is 11.1. The maximum atomic E-state index is 12.3. The first-order chi connectivity index (χ1) is 10.6. The van der Waals surface area contributed by atoms with Crippen LogP contribution in [0.4, 0.5) is 20.2 Å². The summed E-state index contributed by atoms with van der Waals surface area (Å²) < 4.78 is 28.9. The van der Waals surface area contributed by atoms with Gasteiger partial charge in [-0.05, 0) is 18.2 Å². The molecule has 0 heterocycles. The number of alkyl halides is 2. The number of halogens is 2. The molecule has 0 aromatic heterocycles. The molecule has 114 valence electrons. The molecule has 0 unspecified atom stereocenters. The van der Waals surface area contributed by atoms with Crippen LogP contribution in [0.25, 0.3) is 0 Å². The van der Waals surface area contributed by atoms with E-state index in [2.05, 4.69) is 15.3 Å². The van der Waals surface area contributed by atoms with Gasteiger partial charge in [-0.3, -0.25) is 15.5 Å². The number of rotatable bonds is 6. The van der Waals surface area contributed by atoms with Crippen molar-refractivity contribution in [3.8, 4) is 5.75 Å². The van der Waals surface area contributed by atoms with E-state index in [0.29, 0.717) is 11.3 Å². The van der Waals surface area contributed by atoms with E-state index in [1.54, 1.807) is 24.3 Å². The summed E-state index contributed by atoms with van der Waals surface area (Å²) in [6.45, 7) is -2.93. The summed E-state index contributed by atoms with van der Waals surface area (Å²) in [6.07, 6.45) is 1.29. The Balaban J connectivity index is 2.10. The van der Waals surface area contributed by atoms with Crippen LogP contribution in [0.15, 0.2) is 53.6 Å². The Hall–Kier alpha value is -3.03. The van der Waals surface area contributed by atoms with E-state index in [-0.39, 0.29) is 11.4 Å². The first kappa shape index (κ1) is 15.4. The number of anilines is 1. The number of non-ortho nitro benzene ring substituents is 1. The van der Waals surface area contributed by atoms with Crippen molar-refractivity contribution < 1.29 is 18.4 Å². The van der Waals surface area contributed by atoms with E-state index >= 15 is 0 Å². The molecule has 0 aliphatic carbocycles. The highest BCUT2D eigenvalue weighted by molar-refractivity contribution is 5.84. The molecule has 0 aliphatic heterocycles. The third-order valence-corrected chi connectivity index (χ3v) is 2.59. The second-order valence-electron chi connectivity index (χ2n) is 4.09. The first-order valence-corrected chi connectivity index (χ1v) is 6.13. The molecule has 2 aromatic rings. The standard InChI is InChI=1S/C14H11F2N3O3/c15-14(16)22-13-7-2-1-4-10(13)9-17-18-11-5-3-6-12(8-11)19(20)21/h1-9,14,18H/b17-9-. The van der Waals surface area contributed by atoms with Crippen LogP contribution in [0.2, 0.25) is 0 Å². The number of nitrogens with one attached hydrogen (secondary N) is 1. The average Bonchev–Trinajstić information content (AvgIpc) is 2.49. The van der Waals surface area contributed by atoms with Crippen molar-refractivity contribution in [1.29, 1.82) is 0 Å². The predicted molar refractivity (Wildman–Crippen MR) is 77.4 cm³/mol. The van der Waals surface area contributed by atoms with Gasteiger partial charge >= 0.3 is 6.61 Å². The molecule has 0 spiro atoms. The quantitative estimate of drug-likeness (QED) is 0.502. The van der Waals surface area contributed by atoms with E-state index in [4.69, 9.17) is 0 Å². The second kappa shape index (κ2) is 7.11. The van der Waals surface area contributed by atoms with Gasteiger partial charge < -0.3 is 4.74 Å². The molecule has 0 radical (unpaired) electrons. The van der Waals surface area contributed by atoms with E-state index in [0.717, 1.165) is 0 Å². The van der Waals surface area contributed by atoms with Crippen LogP contribution in [0.1, 0.15) is 5.56 Å². The van der Waals surface area contributed by atoms with Crippen molar-refractivity contribution >= 4 is 17.6 Å². The fourth-order valence-corrected chi connectivity index (χ4v) is 1.66. The summed E-state index contributed by atoms with van der Waals surface area (Å²) in [5, 5.41) is 14.5. The number of nitro groups is 1. The summed E-state index contributed by atoms with van der Waals surface area (Å²) in [7, 11) is 0. The van der Waals surface area contributed by atoms with Gasteiger partial charge in [0.15, 0.2) is 0 Å². The van der Waals surface area contributed by atoms with Crippen LogP contribution in [0.5, 0.6) is 5.75 Å². The molecule has 8 heteroatoms. The van der Waals surface area contributed by atoms with Crippen LogP contribution in [-0.4, -0.2) is 17.7 Å². The van der Waals surface area contributed by atoms with Gasteiger partial charge in [-0.25, -0.2) is 0 Å². The Morgan fingerprint density at radius 2 is 2.00 bits per heavy atom. The van der Waals surface area contributed by atoms with Crippen LogP contribution in [0, 0.1) is 10.1 Å². The molecule has 0 bridgehead atoms. The Morgan fingerprint density at radius 1 is 1.23 bits per heavy atom. The van der Waals surface area contributed by atoms with Gasteiger partial charge in [0.1, 0.15) is 5.75 Å². The number of ether oxygens (including phenoxy) is 1. The lowest BCUT2D eigenvalue weighted by Gasteiger charge is -2.07. The van der Waals surface area contributed by atoms with Crippen molar-refractivity contribution in [2.45, 2.75) is 6.61 Å². The average molecular weight is 307 g/mol. The van der Waals surface area contributed by atoms with Gasteiger partial charge in [-0.15, -0.1) is 0 Å². The summed E-state index contributed by atoms with van der Waals surface area (Å²) in [4.78, 5) is 10.1. The minimum Gasteiger partial charge on any atom is -0.434 e. The topological polar surface area (TPSA) is 76.8 Å². The summed E-state index contributed by atoms with van der Waals surface area (Å²) in [5.74, 6) is -0.0120. The fourth-order valence-electron chi connectivity index (χ4n) is 1.66. The maximum absolute atomic E-state index is 12.3. The summed E-state index contributed by atoms with van der Waals surface area (Å²) in [5.41, 5.74) is 3.26. The Morgan fingerprint density at radius 3 is 2.73 bits per heavy atom. The van der Waals surface area contributed by atoms with E-state index < -0.39 is 11.5 Å². The van der Waals surface area contributed by atoms with Crippen LogP contribution in [-0.2, 0) is 0 Å². The first-order valence-electron chi connectivity index (χ1n) is 6.13. The number of para-hydroxylation sites is 1. The minimum absolute atomic E-state index is 0.0120. The number of nitro benzene ring substituents is 1. The number of hydrogen-bond donors (Lipinski definition) is 1.